The van der Waals surface area contributed by atoms with Crippen molar-refractivity contribution >= 4 is 17.5 Å². The van der Waals surface area contributed by atoms with E-state index in [9.17, 15) is 19.8 Å². The zero-order valence-electron chi connectivity index (χ0n) is 9.11. The van der Waals surface area contributed by atoms with Crippen molar-refractivity contribution in [1.82, 2.24) is 10.3 Å². The van der Waals surface area contributed by atoms with Crippen LogP contribution < -0.4 is 10.9 Å². The van der Waals surface area contributed by atoms with Gasteiger partial charge < -0.3 is 20.5 Å². The third-order valence-electron chi connectivity index (χ3n) is 2.15. The van der Waals surface area contributed by atoms with E-state index in [1.807, 2.05) is 0 Å². The first kappa shape index (κ1) is 13.7. The number of rotatable bonds is 4. The van der Waals surface area contributed by atoms with E-state index >= 15 is 0 Å². The molecule has 17 heavy (non-hydrogen) atoms. The number of aliphatic hydroxyl groups is 2. The van der Waals surface area contributed by atoms with Gasteiger partial charge in [-0.3, -0.25) is 9.59 Å². The van der Waals surface area contributed by atoms with Gasteiger partial charge in [-0.15, -0.1) is 0 Å². The lowest BCUT2D eigenvalue weighted by molar-refractivity contribution is -0.119. The molecule has 4 N–H and O–H groups in total. The van der Waals surface area contributed by atoms with Crippen LogP contribution in [0.5, 0.6) is 0 Å². The van der Waals surface area contributed by atoms with E-state index in [-0.39, 0.29) is 23.0 Å². The van der Waals surface area contributed by atoms with Crippen LogP contribution >= 0.6 is 11.6 Å². The maximum absolute atomic E-state index is 11.0. The molecule has 0 aliphatic carbocycles. The molecule has 0 saturated heterocycles. The van der Waals surface area contributed by atoms with Crippen LogP contribution in [0.2, 0.25) is 5.02 Å². The Bertz CT molecular complexity index is 460. The zero-order valence-corrected chi connectivity index (χ0v) is 9.86. The monoisotopic (exact) mass is 260 g/mol. The molecular formula is C10H13ClN2O4. The Morgan fingerprint density at radius 2 is 2.24 bits per heavy atom. The van der Waals surface area contributed by atoms with Gasteiger partial charge >= 0.3 is 0 Å². The first-order valence-electron chi connectivity index (χ1n) is 4.90. The lowest BCUT2D eigenvalue weighted by atomic mass is 10.1. The maximum atomic E-state index is 11.0. The highest BCUT2D eigenvalue weighted by atomic mass is 35.5. The predicted octanol–water partition coefficient (Wildman–Crippen LogP) is -0.441. The molecule has 7 heteroatoms. The summed E-state index contributed by atoms with van der Waals surface area (Å²) in [4.78, 5) is 23.9. The van der Waals surface area contributed by atoms with Gasteiger partial charge in [-0.25, -0.2) is 0 Å². The smallest absolute Gasteiger partial charge is 0.266 e. The maximum Gasteiger partial charge on any atom is 0.266 e. The number of aromatic nitrogens is 1. The second kappa shape index (κ2) is 5.81. The number of halogens is 1. The van der Waals surface area contributed by atoms with Gasteiger partial charge in [-0.2, -0.15) is 0 Å². The highest BCUT2D eigenvalue weighted by Crippen LogP contribution is 2.17. The molecule has 1 rings (SSSR count). The summed E-state index contributed by atoms with van der Waals surface area (Å²) in [6.07, 6.45) is -1.16. The van der Waals surface area contributed by atoms with E-state index in [1.54, 1.807) is 0 Å². The molecule has 1 amide bonds. The summed E-state index contributed by atoms with van der Waals surface area (Å²) in [7, 11) is 0. The van der Waals surface area contributed by atoms with E-state index in [0.29, 0.717) is 0 Å². The Labute approximate surface area is 102 Å². The van der Waals surface area contributed by atoms with Crippen LogP contribution in [0.25, 0.3) is 0 Å². The molecule has 0 aliphatic rings. The van der Waals surface area contributed by atoms with Gasteiger partial charge in [-0.1, -0.05) is 11.6 Å². The van der Waals surface area contributed by atoms with E-state index in [0.717, 1.165) is 0 Å². The zero-order chi connectivity index (χ0) is 13.0. The third-order valence-corrected chi connectivity index (χ3v) is 2.43. The normalized spacial score (nSPS) is 14.1. The van der Waals surface area contributed by atoms with Crippen molar-refractivity contribution in [1.29, 1.82) is 0 Å². The second-order valence-electron chi connectivity index (χ2n) is 3.56. The van der Waals surface area contributed by atoms with Gasteiger partial charge in [0.2, 0.25) is 5.91 Å². The molecule has 0 aromatic carbocycles. The largest absolute Gasteiger partial charge is 0.388 e. The molecule has 2 atom stereocenters. The minimum Gasteiger partial charge on any atom is -0.388 e. The number of amides is 1. The standard InChI is InChI=1S/C10H13ClN2O4/c1-5(14)12-4-8(15)9(16)6-2-7(11)10(17)13-3-6/h2-3,8-9,15-16H,4H2,1H3,(H,12,14)(H,13,17). The minimum atomic E-state index is -1.24. The van der Waals surface area contributed by atoms with Crippen LogP contribution in [-0.4, -0.2) is 33.8 Å². The van der Waals surface area contributed by atoms with Crippen molar-refractivity contribution < 1.29 is 15.0 Å². The molecule has 1 heterocycles. The van der Waals surface area contributed by atoms with Crippen molar-refractivity contribution in [2.24, 2.45) is 0 Å². The van der Waals surface area contributed by atoms with Gasteiger partial charge in [-0.05, 0) is 6.07 Å². The molecule has 1 aromatic rings. The van der Waals surface area contributed by atoms with Crippen molar-refractivity contribution in [3.63, 3.8) is 0 Å². The number of nitrogens with one attached hydrogen (secondary N) is 2. The molecule has 0 saturated carbocycles. The number of aliphatic hydroxyl groups excluding tert-OH is 2. The fourth-order valence-electron chi connectivity index (χ4n) is 1.22. The van der Waals surface area contributed by atoms with Crippen LogP contribution in [-0.2, 0) is 4.79 Å². The molecular weight excluding hydrogens is 248 g/mol. The Kier molecular flexibility index (Phi) is 4.68. The average Bonchev–Trinajstić information content (AvgIpc) is 2.28. The molecule has 94 valence electrons. The van der Waals surface area contributed by atoms with Gasteiger partial charge in [0, 0.05) is 25.2 Å². The van der Waals surface area contributed by atoms with Gasteiger partial charge in [0.15, 0.2) is 0 Å². The fraction of sp³-hybridized carbons (Fsp3) is 0.400. The average molecular weight is 261 g/mol. The van der Waals surface area contributed by atoms with Gasteiger partial charge in [0.05, 0.1) is 0 Å². The lowest BCUT2D eigenvalue weighted by Crippen LogP contribution is -2.34. The van der Waals surface area contributed by atoms with E-state index in [1.165, 1.54) is 19.2 Å². The number of carbonyl (C=O) groups is 1. The SMILES string of the molecule is CC(=O)NCC(O)C(O)c1c[nH]c(=O)c(Cl)c1. The molecule has 2 unspecified atom stereocenters. The molecule has 0 spiro atoms. The lowest BCUT2D eigenvalue weighted by Gasteiger charge is -2.18. The molecule has 0 radical (unpaired) electrons. The predicted molar refractivity (Wildman–Crippen MR) is 61.7 cm³/mol. The number of H-pyrrole nitrogens is 1. The quantitative estimate of drug-likeness (QED) is 0.589. The number of hydrogen-bond donors (Lipinski definition) is 4. The molecule has 0 bridgehead atoms. The summed E-state index contributed by atoms with van der Waals surface area (Å²) in [6, 6.07) is 1.27. The van der Waals surface area contributed by atoms with Crippen LogP contribution in [0.3, 0.4) is 0 Å². The number of carbonyl (C=O) groups excluding carboxylic acids is 1. The molecule has 6 nitrogen and oxygen atoms in total. The van der Waals surface area contributed by atoms with Crippen molar-refractivity contribution in [2.75, 3.05) is 6.54 Å². The Balaban J connectivity index is 2.74. The molecule has 0 fully saturated rings. The number of aromatic amines is 1. The summed E-state index contributed by atoms with van der Waals surface area (Å²) < 4.78 is 0. The third kappa shape index (κ3) is 3.85. The van der Waals surface area contributed by atoms with Crippen LogP contribution in [0.1, 0.15) is 18.6 Å². The fourth-order valence-corrected chi connectivity index (χ4v) is 1.40. The van der Waals surface area contributed by atoms with Crippen molar-refractivity contribution in [3.05, 3.63) is 33.2 Å². The van der Waals surface area contributed by atoms with E-state index < -0.39 is 17.8 Å². The number of hydrogen-bond acceptors (Lipinski definition) is 4. The van der Waals surface area contributed by atoms with E-state index in [2.05, 4.69) is 10.3 Å². The highest BCUT2D eigenvalue weighted by Gasteiger charge is 2.19. The minimum absolute atomic E-state index is 0.0757. The van der Waals surface area contributed by atoms with Gasteiger partial charge in [0.25, 0.3) is 5.56 Å². The topological polar surface area (TPSA) is 102 Å². The van der Waals surface area contributed by atoms with Crippen LogP contribution in [0.15, 0.2) is 17.1 Å². The molecule has 1 aromatic heterocycles. The first-order valence-corrected chi connectivity index (χ1v) is 5.28. The highest BCUT2D eigenvalue weighted by molar-refractivity contribution is 6.30. The summed E-state index contributed by atoms with van der Waals surface area (Å²) in [5.74, 6) is -0.309. The number of pyridine rings is 1. The Morgan fingerprint density at radius 1 is 1.59 bits per heavy atom. The Morgan fingerprint density at radius 3 is 2.76 bits per heavy atom. The van der Waals surface area contributed by atoms with Crippen molar-refractivity contribution in [2.45, 2.75) is 19.1 Å². The van der Waals surface area contributed by atoms with Crippen molar-refractivity contribution in [3.8, 4) is 0 Å². The van der Waals surface area contributed by atoms with Crippen LogP contribution in [0.4, 0.5) is 0 Å². The van der Waals surface area contributed by atoms with Gasteiger partial charge in [0.1, 0.15) is 17.2 Å². The van der Waals surface area contributed by atoms with E-state index in [4.69, 9.17) is 11.6 Å². The summed E-state index contributed by atoms with van der Waals surface area (Å²) in [6.45, 7) is 1.21. The van der Waals surface area contributed by atoms with Crippen LogP contribution in [0, 0.1) is 0 Å². The summed E-state index contributed by atoms with van der Waals surface area (Å²) in [5.41, 5.74) is -0.202. The summed E-state index contributed by atoms with van der Waals surface area (Å²) in [5, 5.41) is 21.6. The first-order chi connectivity index (χ1) is 7.91. The molecule has 0 aliphatic heterocycles. The second-order valence-corrected chi connectivity index (χ2v) is 3.97. The summed E-state index contributed by atoms with van der Waals surface area (Å²) >= 11 is 5.58. The Hall–Kier alpha value is -1.37.